The number of rotatable bonds is 6. The van der Waals surface area contributed by atoms with Crippen molar-refractivity contribution in [2.75, 3.05) is 12.9 Å². The molecule has 0 spiro atoms. The molecule has 9 heteroatoms. The largest absolute Gasteiger partial charge is 0.452 e. The highest BCUT2D eigenvalue weighted by Gasteiger charge is 2.15. The first-order valence-electron chi connectivity index (χ1n) is 7.84. The van der Waals surface area contributed by atoms with Gasteiger partial charge in [0.05, 0.1) is 10.5 Å². The molecular weight excluding hydrogens is 372 g/mol. The average Bonchev–Trinajstić information content (AvgIpc) is 2.64. The molecule has 2 aromatic carbocycles. The van der Waals surface area contributed by atoms with Crippen LogP contribution in [-0.2, 0) is 25.9 Å². The molecule has 27 heavy (non-hydrogen) atoms. The summed E-state index contributed by atoms with van der Waals surface area (Å²) in [6.07, 6.45) is 1.01. The van der Waals surface area contributed by atoms with Gasteiger partial charge in [-0.05, 0) is 23.8 Å². The lowest BCUT2D eigenvalue weighted by molar-refractivity contribution is -0.123. The van der Waals surface area contributed by atoms with E-state index in [-0.39, 0.29) is 17.0 Å². The number of benzene rings is 2. The van der Waals surface area contributed by atoms with Crippen molar-refractivity contribution in [2.24, 2.45) is 0 Å². The van der Waals surface area contributed by atoms with Crippen LogP contribution < -0.4 is 10.6 Å². The molecule has 0 unspecified atom stereocenters. The quantitative estimate of drug-likeness (QED) is 0.717. The molecule has 0 aliphatic rings. The summed E-state index contributed by atoms with van der Waals surface area (Å²) in [6, 6.07) is 13.6. The van der Waals surface area contributed by atoms with Crippen molar-refractivity contribution in [1.29, 1.82) is 0 Å². The molecule has 2 rings (SSSR count). The zero-order valence-electron chi connectivity index (χ0n) is 14.5. The van der Waals surface area contributed by atoms with Gasteiger partial charge in [-0.1, -0.05) is 36.4 Å². The molecule has 0 aromatic heterocycles. The van der Waals surface area contributed by atoms with E-state index < -0.39 is 34.4 Å². The zero-order valence-corrected chi connectivity index (χ0v) is 15.3. The summed E-state index contributed by atoms with van der Waals surface area (Å²) in [5.41, 5.74) is 0.844. The summed E-state index contributed by atoms with van der Waals surface area (Å²) in [7, 11) is -3.48. The van der Waals surface area contributed by atoms with E-state index >= 15 is 0 Å². The number of carbonyl (C=O) groups excluding carboxylic acids is 3. The van der Waals surface area contributed by atoms with Gasteiger partial charge in [-0.25, -0.2) is 18.0 Å². The van der Waals surface area contributed by atoms with Crippen LogP contribution in [0.3, 0.4) is 0 Å². The van der Waals surface area contributed by atoms with Gasteiger partial charge in [0.15, 0.2) is 16.4 Å². The van der Waals surface area contributed by atoms with Gasteiger partial charge in [0, 0.05) is 12.8 Å². The van der Waals surface area contributed by atoms with E-state index in [0.717, 1.165) is 17.9 Å². The Morgan fingerprint density at radius 1 is 1.00 bits per heavy atom. The lowest BCUT2D eigenvalue weighted by Gasteiger charge is -2.08. The predicted molar refractivity (Wildman–Crippen MR) is 96.7 cm³/mol. The van der Waals surface area contributed by atoms with E-state index in [1.54, 1.807) is 0 Å². The van der Waals surface area contributed by atoms with Crippen molar-refractivity contribution >= 4 is 27.7 Å². The van der Waals surface area contributed by atoms with Crippen LogP contribution in [0, 0.1) is 0 Å². The SMILES string of the molecule is CS(=O)(=O)c1cccc(C(=O)OCC(=O)NC(=O)NCc2ccccc2)c1. The Hall–Kier alpha value is -3.20. The molecule has 3 amide bonds. The Kier molecular flexibility index (Phi) is 6.67. The summed E-state index contributed by atoms with van der Waals surface area (Å²) in [6.45, 7) is -0.446. The monoisotopic (exact) mass is 390 g/mol. The van der Waals surface area contributed by atoms with E-state index in [2.05, 4.69) is 5.32 Å². The third-order valence-electron chi connectivity index (χ3n) is 3.38. The second kappa shape index (κ2) is 8.95. The summed E-state index contributed by atoms with van der Waals surface area (Å²) in [5, 5.41) is 4.53. The van der Waals surface area contributed by atoms with E-state index in [0.29, 0.717) is 0 Å². The van der Waals surface area contributed by atoms with E-state index in [1.807, 2.05) is 35.6 Å². The fraction of sp³-hybridized carbons (Fsp3) is 0.167. The molecule has 0 atom stereocenters. The van der Waals surface area contributed by atoms with Gasteiger partial charge in [-0.3, -0.25) is 10.1 Å². The van der Waals surface area contributed by atoms with Crippen molar-refractivity contribution in [1.82, 2.24) is 10.6 Å². The molecule has 0 fully saturated rings. The van der Waals surface area contributed by atoms with Gasteiger partial charge in [0.2, 0.25) is 0 Å². The topological polar surface area (TPSA) is 119 Å². The number of carbonyl (C=O) groups is 3. The highest BCUT2D eigenvalue weighted by atomic mass is 32.2. The lowest BCUT2D eigenvalue weighted by atomic mass is 10.2. The van der Waals surface area contributed by atoms with Crippen LogP contribution in [-0.4, -0.2) is 39.2 Å². The number of ether oxygens (including phenoxy) is 1. The molecule has 0 saturated heterocycles. The molecule has 2 aromatic rings. The Morgan fingerprint density at radius 2 is 1.70 bits per heavy atom. The predicted octanol–water partition coefficient (Wildman–Crippen LogP) is 1.27. The third kappa shape index (κ3) is 6.55. The van der Waals surface area contributed by atoms with Gasteiger partial charge in [0.25, 0.3) is 5.91 Å². The minimum absolute atomic E-state index is 0.0146. The van der Waals surface area contributed by atoms with Crippen LogP contribution in [0.4, 0.5) is 4.79 Å². The number of esters is 1. The molecule has 0 bridgehead atoms. The van der Waals surface area contributed by atoms with Crippen LogP contribution in [0.15, 0.2) is 59.5 Å². The normalized spacial score (nSPS) is 10.7. The molecule has 0 radical (unpaired) electrons. The number of urea groups is 1. The van der Waals surface area contributed by atoms with Crippen molar-refractivity contribution in [3.63, 3.8) is 0 Å². The van der Waals surface area contributed by atoms with Crippen LogP contribution in [0.5, 0.6) is 0 Å². The van der Waals surface area contributed by atoms with Crippen molar-refractivity contribution in [3.05, 3.63) is 65.7 Å². The van der Waals surface area contributed by atoms with Gasteiger partial charge in [0.1, 0.15) is 0 Å². The first-order chi connectivity index (χ1) is 12.8. The Morgan fingerprint density at radius 3 is 2.37 bits per heavy atom. The zero-order chi connectivity index (χ0) is 19.9. The Labute approximate surface area is 156 Å². The number of hydrogen-bond donors (Lipinski definition) is 2. The van der Waals surface area contributed by atoms with E-state index in [9.17, 15) is 22.8 Å². The van der Waals surface area contributed by atoms with Gasteiger partial charge in [-0.15, -0.1) is 0 Å². The van der Waals surface area contributed by atoms with Gasteiger partial charge < -0.3 is 10.1 Å². The minimum Gasteiger partial charge on any atom is -0.452 e. The Bertz CT molecular complexity index is 941. The fourth-order valence-corrected chi connectivity index (χ4v) is 2.72. The number of imide groups is 1. The second-order valence-corrected chi connectivity index (χ2v) is 7.61. The summed E-state index contributed by atoms with van der Waals surface area (Å²) < 4.78 is 27.8. The molecule has 8 nitrogen and oxygen atoms in total. The lowest BCUT2D eigenvalue weighted by Crippen LogP contribution is -2.41. The first kappa shape index (κ1) is 20.1. The second-order valence-electron chi connectivity index (χ2n) is 5.59. The summed E-state index contributed by atoms with van der Waals surface area (Å²) >= 11 is 0. The molecule has 142 valence electrons. The fourth-order valence-electron chi connectivity index (χ4n) is 2.05. The molecule has 2 N–H and O–H groups in total. The maximum absolute atomic E-state index is 11.9. The number of amides is 3. The molecule has 0 heterocycles. The minimum atomic E-state index is -3.48. The maximum Gasteiger partial charge on any atom is 0.338 e. The highest BCUT2D eigenvalue weighted by Crippen LogP contribution is 2.12. The Balaban J connectivity index is 1.81. The van der Waals surface area contributed by atoms with Crippen LogP contribution in [0.1, 0.15) is 15.9 Å². The van der Waals surface area contributed by atoms with Gasteiger partial charge >= 0.3 is 12.0 Å². The van der Waals surface area contributed by atoms with Crippen LogP contribution in [0.25, 0.3) is 0 Å². The van der Waals surface area contributed by atoms with Crippen molar-refractivity contribution < 1.29 is 27.5 Å². The molecular formula is C18H18N2O6S. The third-order valence-corrected chi connectivity index (χ3v) is 4.49. The van der Waals surface area contributed by atoms with Crippen LogP contribution in [0.2, 0.25) is 0 Å². The van der Waals surface area contributed by atoms with Crippen molar-refractivity contribution in [2.45, 2.75) is 11.4 Å². The number of sulfone groups is 1. The van der Waals surface area contributed by atoms with Crippen LogP contribution >= 0.6 is 0 Å². The average molecular weight is 390 g/mol. The first-order valence-corrected chi connectivity index (χ1v) is 9.74. The maximum atomic E-state index is 11.9. The summed E-state index contributed by atoms with van der Waals surface area (Å²) in [5.74, 6) is -1.69. The standard InChI is InChI=1S/C18H18N2O6S/c1-27(24,25)15-9-5-8-14(10-15)17(22)26-12-16(21)20-18(23)19-11-13-6-3-2-4-7-13/h2-10H,11-12H2,1H3,(H2,19,20,21,23). The molecule has 0 aliphatic carbocycles. The van der Waals surface area contributed by atoms with Crippen molar-refractivity contribution in [3.8, 4) is 0 Å². The number of nitrogens with one attached hydrogen (secondary N) is 2. The molecule has 0 saturated carbocycles. The highest BCUT2D eigenvalue weighted by molar-refractivity contribution is 7.90. The smallest absolute Gasteiger partial charge is 0.338 e. The van der Waals surface area contributed by atoms with Gasteiger partial charge in [-0.2, -0.15) is 0 Å². The van der Waals surface area contributed by atoms with E-state index in [4.69, 9.17) is 4.74 Å². The molecule has 0 aliphatic heterocycles. The van der Waals surface area contributed by atoms with E-state index in [1.165, 1.54) is 18.2 Å². The number of hydrogen-bond acceptors (Lipinski definition) is 6. The summed E-state index contributed by atoms with van der Waals surface area (Å²) in [4.78, 5) is 35.2.